The summed E-state index contributed by atoms with van der Waals surface area (Å²) in [6.45, 7) is 0.556. The van der Waals surface area contributed by atoms with Crippen LogP contribution in [0.2, 0.25) is 0 Å². The molecule has 1 aromatic carbocycles. The van der Waals surface area contributed by atoms with E-state index < -0.39 is 11.0 Å². The van der Waals surface area contributed by atoms with Crippen molar-refractivity contribution in [3.63, 3.8) is 0 Å². The van der Waals surface area contributed by atoms with E-state index in [1.165, 1.54) is 24.1 Å². The van der Waals surface area contributed by atoms with Crippen LogP contribution in [-0.4, -0.2) is 47.9 Å². The van der Waals surface area contributed by atoms with Gasteiger partial charge in [-0.15, -0.1) is 0 Å². The molecular formula is C20H22N2O6. The summed E-state index contributed by atoms with van der Waals surface area (Å²) in [5, 5.41) is 11.2. The summed E-state index contributed by atoms with van der Waals surface area (Å²) < 4.78 is 11.2. The summed E-state index contributed by atoms with van der Waals surface area (Å²) in [5.41, 5.74) is 0.796. The molecule has 0 aromatic heterocycles. The molecule has 4 rings (SSSR count). The fourth-order valence-electron chi connectivity index (χ4n) is 4.47. The molecule has 0 spiro atoms. The predicted octanol–water partition coefficient (Wildman–Crippen LogP) is 2.54. The molecule has 1 fully saturated rings. The lowest BCUT2D eigenvalue weighted by Crippen LogP contribution is -2.39. The van der Waals surface area contributed by atoms with E-state index >= 15 is 0 Å². The number of carbonyl (C=O) groups excluding carboxylic acids is 2. The molecule has 0 radical (unpaired) electrons. The number of hydrogen-bond acceptors (Lipinski definition) is 6. The molecule has 1 amide bonds. The Kier molecular flexibility index (Phi) is 4.89. The van der Waals surface area contributed by atoms with Crippen LogP contribution in [0.15, 0.2) is 35.6 Å². The van der Waals surface area contributed by atoms with Crippen molar-refractivity contribution in [2.75, 3.05) is 20.3 Å². The highest BCUT2D eigenvalue weighted by molar-refractivity contribution is 6.11. The highest BCUT2D eigenvalue weighted by Gasteiger charge is 2.51. The Morgan fingerprint density at radius 1 is 1.29 bits per heavy atom. The van der Waals surface area contributed by atoms with Gasteiger partial charge in [-0.1, -0.05) is 18.6 Å². The molecule has 3 aliphatic rings. The molecule has 1 saturated carbocycles. The van der Waals surface area contributed by atoms with Gasteiger partial charge in [-0.05, 0) is 24.8 Å². The molecule has 0 saturated heterocycles. The monoisotopic (exact) mass is 386 g/mol. The van der Waals surface area contributed by atoms with Crippen molar-refractivity contribution in [1.29, 1.82) is 0 Å². The molecule has 2 heterocycles. The van der Waals surface area contributed by atoms with Crippen molar-refractivity contribution in [2.45, 2.75) is 37.8 Å². The first kappa shape index (κ1) is 18.6. The Morgan fingerprint density at radius 2 is 2.07 bits per heavy atom. The third-order valence-corrected chi connectivity index (χ3v) is 5.79. The smallest absolute Gasteiger partial charge is 0.290 e. The van der Waals surface area contributed by atoms with Crippen LogP contribution in [0.4, 0.5) is 5.69 Å². The van der Waals surface area contributed by atoms with Crippen LogP contribution in [0.3, 0.4) is 0 Å². The summed E-state index contributed by atoms with van der Waals surface area (Å²) in [4.78, 5) is 38.7. The van der Waals surface area contributed by atoms with E-state index in [1.807, 2.05) is 0 Å². The minimum absolute atomic E-state index is 0.0595. The van der Waals surface area contributed by atoms with E-state index in [-0.39, 0.29) is 41.7 Å². The standard InChI is InChI=1S/C20H22N2O6/c1-27-10-9-21-17(12-5-4-6-13(11-12)22(25)26)16-18(23)14-7-2-3-8-15(14)28-19(16)20(21)24/h4-6,11,14-15,17H,2-3,7-10H2,1H3. The van der Waals surface area contributed by atoms with Gasteiger partial charge in [0.15, 0.2) is 11.5 Å². The molecule has 28 heavy (non-hydrogen) atoms. The topological polar surface area (TPSA) is 99.0 Å². The Labute approximate surface area is 162 Å². The fraction of sp³-hybridized carbons (Fsp3) is 0.500. The molecule has 2 aliphatic heterocycles. The van der Waals surface area contributed by atoms with Gasteiger partial charge in [0.05, 0.1) is 29.1 Å². The SMILES string of the molecule is COCCN1C(=O)C2=C(C(=O)C3CCCCC3O2)C1c1cccc([N+](=O)[O-])c1. The molecule has 0 bridgehead atoms. The predicted molar refractivity (Wildman–Crippen MR) is 98.3 cm³/mol. The van der Waals surface area contributed by atoms with Crippen LogP contribution in [0.1, 0.15) is 37.3 Å². The van der Waals surface area contributed by atoms with E-state index in [9.17, 15) is 19.7 Å². The van der Waals surface area contributed by atoms with Crippen molar-refractivity contribution >= 4 is 17.4 Å². The van der Waals surface area contributed by atoms with Gasteiger partial charge in [0.1, 0.15) is 6.10 Å². The zero-order chi connectivity index (χ0) is 19.8. The quantitative estimate of drug-likeness (QED) is 0.570. The number of nitro groups is 1. The lowest BCUT2D eigenvalue weighted by atomic mass is 9.77. The number of fused-ring (bicyclic) bond motifs is 1. The van der Waals surface area contributed by atoms with E-state index in [0.717, 1.165) is 25.7 Å². The number of ketones is 1. The molecule has 148 valence electrons. The second kappa shape index (κ2) is 7.35. The number of nitro benzene ring substituents is 1. The van der Waals surface area contributed by atoms with Gasteiger partial charge in [-0.25, -0.2) is 0 Å². The number of amides is 1. The van der Waals surface area contributed by atoms with Crippen molar-refractivity contribution in [2.24, 2.45) is 5.92 Å². The Bertz CT molecular complexity index is 864. The first-order valence-electron chi connectivity index (χ1n) is 9.52. The number of methoxy groups -OCH3 is 1. The summed E-state index contributed by atoms with van der Waals surface area (Å²) in [7, 11) is 1.53. The first-order valence-corrected chi connectivity index (χ1v) is 9.52. The molecule has 8 nitrogen and oxygen atoms in total. The van der Waals surface area contributed by atoms with Gasteiger partial charge in [-0.2, -0.15) is 0 Å². The third kappa shape index (κ3) is 2.97. The number of carbonyl (C=O) groups is 2. The zero-order valence-corrected chi connectivity index (χ0v) is 15.6. The molecule has 0 N–H and O–H groups in total. The average molecular weight is 386 g/mol. The summed E-state index contributed by atoms with van der Waals surface area (Å²) in [5.74, 6) is -0.540. The third-order valence-electron chi connectivity index (χ3n) is 5.79. The second-order valence-electron chi connectivity index (χ2n) is 7.40. The minimum atomic E-state index is -0.687. The average Bonchev–Trinajstić information content (AvgIpc) is 2.99. The summed E-state index contributed by atoms with van der Waals surface area (Å²) >= 11 is 0. The molecule has 3 atom stereocenters. The Morgan fingerprint density at radius 3 is 2.82 bits per heavy atom. The highest BCUT2D eigenvalue weighted by Crippen LogP contribution is 2.46. The maximum atomic E-state index is 13.3. The summed E-state index contributed by atoms with van der Waals surface area (Å²) in [6, 6.07) is 5.41. The normalized spacial score (nSPS) is 26.8. The highest BCUT2D eigenvalue weighted by atomic mass is 16.6. The molecule has 1 aromatic rings. The molecule has 1 aliphatic carbocycles. The van der Waals surface area contributed by atoms with E-state index in [0.29, 0.717) is 17.7 Å². The molecular weight excluding hydrogens is 364 g/mol. The molecule has 8 heteroatoms. The lowest BCUT2D eigenvalue weighted by molar-refractivity contribution is -0.384. The van der Waals surface area contributed by atoms with Gasteiger partial charge in [0.25, 0.3) is 11.6 Å². The Balaban J connectivity index is 1.79. The number of benzene rings is 1. The Hall–Kier alpha value is -2.74. The summed E-state index contributed by atoms with van der Waals surface area (Å²) in [6.07, 6.45) is 3.19. The number of Topliss-reactive ketones (excluding diaryl/α,β-unsaturated/α-hetero) is 1. The van der Waals surface area contributed by atoms with Crippen molar-refractivity contribution in [3.8, 4) is 0 Å². The van der Waals surface area contributed by atoms with Crippen LogP contribution in [0, 0.1) is 16.0 Å². The zero-order valence-electron chi connectivity index (χ0n) is 15.6. The van der Waals surface area contributed by atoms with Gasteiger partial charge in [0.2, 0.25) is 0 Å². The van der Waals surface area contributed by atoms with Crippen LogP contribution < -0.4 is 0 Å². The van der Waals surface area contributed by atoms with Crippen molar-refractivity contribution < 1.29 is 24.0 Å². The number of rotatable bonds is 5. The lowest BCUT2D eigenvalue weighted by Gasteiger charge is -2.35. The van der Waals surface area contributed by atoms with E-state index in [2.05, 4.69) is 0 Å². The van der Waals surface area contributed by atoms with Crippen LogP contribution in [0.5, 0.6) is 0 Å². The van der Waals surface area contributed by atoms with Crippen molar-refractivity contribution in [1.82, 2.24) is 4.90 Å². The maximum absolute atomic E-state index is 13.3. The largest absolute Gasteiger partial charge is 0.483 e. The van der Waals surface area contributed by atoms with E-state index in [1.54, 1.807) is 12.1 Å². The van der Waals surface area contributed by atoms with Crippen LogP contribution in [0.25, 0.3) is 0 Å². The first-order chi connectivity index (χ1) is 13.5. The van der Waals surface area contributed by atoms with E-state index in [4.69, 9.17) is 9.47 Å². The number of ether oxygens (including phenoxy) is 2. The van der Waals surface area contributed by atoms with Gasteiger partial charge >= 0.3 is 0 Å². The number of hydrogen-bond donors (Lipinski definition) is 0. The maximum Gasteiger partial charge on any atom is 0.290 e. The second-order valence-corrected chi connectivity index (χ2v) is 7.40. The number of non-ortho nitro benzene ring substituents is 1. The minimum Gasteiger partial charge on any atom is -0.483 e. The van der Waals surface area contributed by atoms with Crippen LogP contribution in [-0.2, 0) is 19.1 Å². The molecule has 3 unspecified atom stereocenters. The van der Waals surface area contributed by atoms with Gasteiger partial charge < -0.3 is 14.4 Å². The number of nitrogens with zero attached hydrogens (tertiary/aromatic N) is 2. The van der Waals surface area contributed by atoms with Crippen molar-refractivity contribution in [3.05, 3.63) is 51.3 Å². The van der Waals surface area contributed by atoms with Gasteiger partial charge in [0, 0.05) is 25.8 Å². The van der Waals surface area contributed by atoms with Gasteiger partial charge in [-0.3, -0.25) is 19.7 Å². The van der Waals surface area contributed by atoms with Crippen LogP contribution >= 0.6 is 0 Å². The fourth-order valence-corrected chi connectivity index (χ4v) is 4.47.